The van der Waals surface area contributed by atoms with Gasteiger partial charge in [-0.3, -0.25) is 9.20 Å². The molecule has 3 aromatic rings. The Morgan fingerprint density at radius 1 is 1.21 bits per heavy atom. The fraction of sp³-hybridized carbons (Fsp3) is 0.176. The van der Waals surface area contributed by atoms with Crippen molar-refractivity contribution in [3.8, 4) is 5.88 Å². The summed E-state index contributed by atoms with van der Waals surface area (Å²) >= 11 is 0. The molecule has 0 N–H and O–H groups in total. The molecule has 0 saturated carbocycles. The van der Waals surface area contributed by atoms with Gasteiger partial charge in [0.1, 0.15) is 12.2 Å². The van der Waals surface area contributed by atoms with E-state index in [9.17, 15) is 9.59 Å². The summed E-state index contributed by atoms with van der Waals surface area (Å²) in [6.45, 7) is 2.15. The molecule has 0 saturated heterocycles. The van der Waals surface area contributed by atoms with Crippen molar-refractivity contribution >= 4 is 11.6 Å². The highest BCUT2D eigenvalue weighted by Crippen LogP contribution is 2.14. The normalized spacial score (nSPS) is 10.5. The fourth-order valence-electron chi connectivity index (χ4n) is 2.17. The van der Waals surface area contributed by atoms with E-state index in [0.717, 1.165) is 5.56 Å². The van der Waals surface area contributed by atoms with Crippen molar-refractivity contribution in [1.82, 2.24) is 14.4 Å². The number of esters is 1. The van der Waals surface area contributed by atoms with Gasteiger partial charge in [0.05, 0.1) is 6.61 Å². The van der Waals surface area contributed by atoms with Crippen LogP contribution in [0.5, 0.6) is 5.88 Å². The molecule has 0 aliphatic heterocycles. The van der Waals surface area contributed by atoms with Gasteiger partial charge < -0.3 is 9.47 Å². The van der Waals surface area contributed by atoms with Gasteiger partial charge in [-0.1, -0.05) is 30.3 Å². The summed E-state index contributed by atoms with van der Waals surface area (Å²) in [5.41, 5.74) is 0.554. The number of hydrogen-bond donors (Lipinski definition) is 0. The molecule has 0 aliphatic rings. The van der Waals surface area contributed by atoms with Gasteiger partial charge in [0.25, 0.3) is 11.4 Å². The van der Waals surface area contributed by atoms with Gasteiger partial charge in [0.15, 0.2) is 0 Å². The second-order valence-electron chi connectivity index (χ2n) is 4.90. The van der Waals surface area contributed by atoms with Gasteiger partial charge in [0.2, 0.25) is 5.65 Å². The number of benzene rings is 1. The van der Waals surface area contributed by atoms with Crippen LogP contribution in [-0.2, 0) is 11.3 Å². The molecule has 0 spiro atoms. The molecule has 24 heavy (non-hydrogen) atoms. The maximum absolute atomic E-state index is 12.4. The van der Waals surface area contributed by atoms with Gasteiger partial charge >= 0.3 is 5.97 Å². The highest BCUT2D eigenvalue weighted by atomic mass is 16.5. The zero-order valence-corrected chi connectivity index (χ0v) is 13.0. The Kier molecular flexibility index (Phi) is 4.51. The highest BCUT2D eigenvalue weighted by molar-refractivity contribution is 5.88. The fourth-order valence-corrected chi connectivity index (χ4v) is 2.17. The molecule has 1 aromatic carbocycles. The lowest BCUT2D eigenvalue weighted by atomic mass is 10.2. The molecule has 7 heteroatoms. The molecule has 0 unspecified atom stereocenters. The molecule has 2 aromatic heterocycles. The van der Waals surface area contributed by atoms with E-state index in [2.05, 4.69) is 9.97 Å². The van der Waals surface area contributed by atoms with E-state index in [-0.39, 0.29) is 23.7 Å². The van der Waals surface area contributed by atoms with Crippen molar-refractivity contribution in [3.05, 3.63) is 70.4 Å². The van der Waals surface area contributed by atoms with E-state index < -0.39 is 11.5 Å². The summed E-state index contributed by atoms with van der Waals surface area (Å²) in [4.78, 5) is 32.4. The van der Waals surface area contributed by atoms with Crippen LogP contribution in [0.25, 0.3) is 5.65 Å². The van der Waals surface area contributed by atoms with Crippen LogP contribution < -0.4 is 10.3 Å². The first-order valence-corrected chi connectivity index (χ1v) is 7.41. The molecule has 0 atom stereocenters. The summed E-state index contributed by atoms with van der Waals surface area (Å²) in [5.74, 6) is -0.484. The lowest BCUT2D eigenvalue weighted by molar-refractivity contribution is 0.0523. The third-order valence-corrected chi connectivity index (χ3v) is 3.31. The molecule has 7 nitrogen and oxygen atoms in total. The number of aromatic nitrogens is 3. The topological polar surface area (TPSA) is 82.8 Å². The van der Waals surface area contributed by atoms with E-state index in [0.29, 0.717) is 6.61 Å². The van der Waals surface area contributed by atoms with Crippen molar-refractivity contribution in [2.75, 3.05) is 6.61 Å². The maximum Gasteiger partial charge on any atom is 0.345 e. The van der Waals surface area contributed by atoms with Gasteiger partial charge in [-0.05, 0) is 12.5 Å². The van der Waals surface area contributed by atoms with Crippen LogP contribution in [0.4, 0.5) is 0 Å². The van der Waals surface area contributed by atoms with E-state index in [4.69, 9.17) is 9.47 Å². The number of ether oxygens (including phenoxy) is 2. The first kappa shape index (κ1) is 15.7. The van der Waals surface area contributed by atoms with Crippen LogP contribution in [0, 0.1) is 0 Å². The smallest absolute Gasteiger partial charge is 0.345 e. The number of hydrogen-bond acceptors (Lipinski definition) is 6. The summed E-state index contributed by atoms with van der Waals surface area (Å²) in [6.07, 6.45) is 4.04. The molecule has 0 aliphatic carbocycles. The number of fused-ring (bicyclic) bond motifs is 1. The van der Waals surface area contributed by atoms with Crippen LogP contribution in [0.2, 0.25) is 0 Å². The Hall–Kier alpha value is -3.22. The zero-order chi connectivity index (χ0) is 16.9. The number of carbonyl (C=O) groups excluding carboxylic acids is 1. The number of rotatable bonds is 5. The molecule has 3 rings (SSSR count). The predicted octanol–water partition coefficient (Wildman–Crippen LogP) is 1.85. The summed E-state index contributed by atoms with van der Waals surface area (Å²) in [7, 11) is 0. The monoisotopic (exact) mass is 325 g/mol. The van der Waals surface area contributed by atoms with Gasteiger partial charge in [-0.15, -0.1) is 0 Å². The third kappa shape index (κ3) is 3.10. The SMILES string of the molecule is CCOC(=O)c1cnc2c(OCc3ccccc3)nccn2c1=O. The van der Waals surface area contributed by atoms with Crippen LogP contribution in [0.15, 0.2) is 53.7 Å². The molecule has 0 bridgehead atoms. The molecule has 2 heterocycles. The van der Waals surface area contributed by atoms with Gasteiger partial charge in [-0.25, -0.2) is 14.8 Å². The summed E-state index contributed by atoms with van der Waals surface area (Å²) in [5, 5.41) is 0. The maximum atomic E-state index is 12.4. The van der Waals surface area contributed by atoms with E-state index >= 15 is 0 Å². The summed E-state index contributed by atoms with van der Waals surface area (Å²) < 4.78 is 11.7. The second kappa shape index (κ2) is 6.91. The molecular formula is C17H15N3O4. The second-order valence-corrected chi connectivity index (χ2v) is 4.90. The Bertz CT molecular complexity index is 922. The Morgan fingerprint density at radius 2 is 2.00 bits per heavy atom. The average molecular weight is 325 g/mol. The minimum Gasteiger partial charge on any atom is -0.470 e. The van der Waals surface area contributed by atoms with Crippen molar-refractivity contribution in [3.63, 3.8) is 0 Å². The summed E-state index contributed by atoms with van der Waals surface area (Å²) in [6, 6.07) is 9.57. The van der Waals surface area contributed by atoms with E-state index in [1.165, 1.54) is 23.0 Å². The van der Waals surface area contributed by atoms with Crippen molar-refractivity contribution < 1.29 is 14.3 Å². The lowest BCUT2D eigenvalue weighted by Gasteiger charge is -2.09. The Balaban J connectivity index is 1.94. The molecule has 122 valence electrons. The molecule has 0 radical (unpaired) electrons. The first-order chi connectivity index (χ1) is 11.7. The zero-order valence-electron chi connectivity index (χ0n) is 13.0. The molecule has 0 amide bonds. The van der Waals surface area contributed by atoms with Crippen molar-refractivity contribution in [1.29, 1.82) is 0 Å². The quantitative estimate of drug-likeness (QED) is 0.666. The largest absolute Gasteiger partial charge is 0.470 e. The molecular weight excluding hydrogens is 310 g/mol. The minimum atomic E-state index is -0.701. The van der Waals surface area contributed by atoms with Crippen LogP contribution in [-0.4, -0.2) is 26.9 Å². The van der Waals surface area contributed by atoms with Gasteiger partial charge in [0, 0.05) is 18.6 Å². The number of carbonyl (C=O) groups is 1. The van der Waals surface area contributed by atoms with E-state index in [1.807, 2.05) is 30.3 Å². The Labute approximate surface area is 137 Å². The predicted molar refractivity (Wildman–Crippen MR) is 86.0 cm³/mol. The van der Waals surface area contributed by atoms with Crippen LogP contribution in [0.1, 0.15) is 22.8 Å². The average Bonchev–Trinajstić information content (AvgIpc) is 2.61. The lowest BCUT2D eigenvalue weighted by Crippen LogP contribution is -2.24. The van der Waals surface area contributed by atoms with E-state index in [1.54, 1.807) is 6.92 Å². The van der Waals surface area contributed by atoms with Crippen molar-refractivity contribution in [2.45, 2.75) is 13.5 Å². The Morgan fingerprint density at radius 3 is 2.75 bits per heavy atom. The van der Waals surface area contributed by atoms with Crippen LogP contribution >= 0.6 is 0 Å². The highest BCUT2D eigenvalue weighted by Gasteiger charge is 2.16. The standard InChI is InChI=1S/C17H15N3O4/c1-2-23-17(22)13-10-19-14-15(18-8-9-20(14)16(13)21)24-11-12-6-4-3-5-7-12/h3-10H,2,11H2,1H3. The third-order valence-electron chi connectivity index (χ3n) is 3.31. The van der Waals surface area contributed by atoms with Crippen LogP contribution in [0.3, 0.4) is 0 Å². The van der Waals surface area contributed by atoms with Gasteiger partial charge in [-0.2, -0.15) is 0 Å². The number of nitrogens with zero attached hydrogens (tertiary/aromatic N) is 3. The first-order valence-electron chi connectivity index (χ1n) is 7.41. The van der Waals surface area contributed by atoms with Crippen molar-refractivity contribution in [2.24, 2.45) is 0 Å². The minimum absolute atomic E-state index is 0.130. The molecule has 0 fully saturated rings.